The zero-order valence-corrected chi connectivity index (χ0v) is 10.4. The molecule has 3 rings (SSSR count). The number of rotatable bonds is 4. The van der Waals surface area contributed by atoms with Gasteiger partial charge in [0.2, 0.25) is 11.8 Å². The lowest BCUT2D eigenvalue weighted by atomic mass is 10.2. The quantitative estimate of drug-likeness (QED) is 0.773. The molecule has 1 N–H and O–H groups in total. The Morgan fingerprint density at radius 3 is 2.74 bits per heavy atom. The highest BCUT2D eigenvalue weighted by Crippen LogP contribution is 2.17. The van der Waals surface area contributed by atoms with Crippen molar-refractivity contribution in [3.63, 3.8) is 0 Å². The number of benzene rings is 1. The number of anilines is 1. The van der Waals surface area contributed by atoms with Crippen LogP contribution in [-0.4, -0.2) is 20.0 Å². The van der Waals surface area contributed by atoms with Crippen LogP contribution in [0, 0.1) is 0 Å². The summed E-state index contributed by atoms with van der Waals surface area (Å²) in [5, 5.41) is 15.3. The van der Waals surface area contributed by atoms with Crippen molar-refractivity contribution < 1.29 is 4.42 Å². The summed E-state index contributed by atoms with van der Waals surface area (Å²) in [6.07, 6.45) is 1.87. The Labute approximate surface area is 110 Å². The van der Waals surface area contributed by atoms with Crippen molar-refractivity contribution in [3.05, 3.63) is 48.5 Å². The second kappa shape index (κ2) is 4.93. The van der Waals surface area contributed by atoms with Gasteiger partial charge in [-0.25, -0.2) is 0 Å². The Morgan fingerprint density at radius 1 is 1.16 bits per heavy atom. The van der Waals surface area contributed by atoms with Gasteiger partial charge in [0.05, 0.1) is 6.54 Å². The molecule has 0 radical (unpaired) electrons. The molecule has 6 heteroatoms. The molecule has 2 aromatic heterocycles. The molecule has 0 aliphatic carbocycles. The smallest absolute Gasteiger partial charge is 0.247 e. The fraction of sp³-hybridized carbons (Fsp3) is 0.154. The van der Waals surface area contributed by atoms with Gasteiger partial charge in [-0.2, -0.15) is 5.10 Å². The zero-order chi connectivity index (χ0) is 13.1. The first-order chi connectivity index (χ1) is 9.31. The molecular formula is C13H13N5O. The van der Waals surface area contributed by atoms with E-state index in [-0.39, 0.29) is 0 Å². The third-order valence-corrected chi connectivity index (χ3v) is 2.62. The summed E-state index contributed by atoms with van der Waals surface area (Å²) in [6.45, 7) is 0.455. The maximum Gasteiger partial charge on any atom is 0.247 e. The van der Waals surface area contributed by atoms with E-state index in [0.29, 0.717) is 18.3 Å². The van der Waals surface area contributed by atoms with Crippen LogP contribution in [0.15, 0.2) is 47.0 Å². The lowest BCUT2D eigenvalue weighted by Crippen LogP contribution is -2.01. The Kier molecular flexibility index (Phi) is 2.97. The predicted molar refractivity (Wildman–Crippen MR) is 70.3 cm³/mol. The van der Waals surface area contributed by atoms with Gasteiger partial charge in [-0.3, -0.25) is 4.68 Å². The van der Waals surface area contributed by atoms with E-state index in [0.717, 1.165) is 11.4 Å². The van der Waals surface area contributed by atoms with Crippen LogP contribution >= 0.6 is 0 Å². The van der Waals surface area contributed by atoms with Crippen LogP contribution in [0.1, 0.15) is 5.89 Å². The summed E-state index contributed by atoms with van der Waals surface area (Å²) in [5.74, 6) is 1.84. The molecule has 0 amide bonds. The van der Waals surface area contributed by atoms with Gasteiger partial charge in [0.15, 0.2) is 0 Å². The normalized spacial score (nSPS) is 10.6. The summed E-state index contributed by atoms with van der Waals surface area (Å²) < 4.78 is 7.31. The number of hydrogen-bond donors (Lipinski definition) is 1. The molecule has 6 nitrogen and oxygen atoms in total. The van der Waals surface area contributed by atoms with Crippen LogP contribution < -0.4 is 5.32 Å². The molecule has 19 heavy (non-hydrogen) atoms. The highest BCUT2D eigenvalue weighted by Gasteiger charge is 2.08. The van der Waals surface area contributed by atoms with Crippen molar-refractivity contribution in [2.24, 2.45) is 7.05 Å². The highest BCUT2D eigenvalue weighted by molar-refractivity contribution is 5.51. The zero-order valence-electron chi connectivity index (χ0n) is 10.4. The van der Waals surface area contributed by atoms with E-state index >= 15 is 0 Å². The molecular weight excluding hydrogens is 242 g/mol. The lowest BCUT2D eigenvalue weighted by Gasteiger charge is -1.97. The van der Waals surface area contributed by atoms with E-state index < -0.39 is 0 Å². The number of aryl methyl sites for hydroxylation is 1. The second-order valence-electron chi connectivity index (χ2n) is 4.10. The fourth-order valence-corrected chi connectivity index (χ4v) is 1.70. The van der Waals surface area contributed by atoms with Crippen molar-refractivity contribution >= 4 is 5.82 Å². The molecule has 3 aromatic rings. The van der Waals surface area contributed by atoms with E-state index in [1.807, 2.05) is 49.6 Å². The van der Waals surface area contributed by atoms with Crippen LogP contribution in [0.5, 0.6) is 0 Å². The van der Waals surface area contributed by atoms with Gasteiger partial charge in [-0.15, -0.1) is 10.2 Å². The van der Waals surface area contributed by atoms with E-state index in [1.54, 1.807) is 4.68 Å². The Bertz CT molecular complexity index is 658. The Morgan fingerprint density at radius 2 is 2.00 bits per heavy atom. The predicted octanol–water partition coefficient (Wildman–Crippen LogP) is 2.08. The van der Waals surface area contributed by atoms with E-state index in [2.05, 4.69) is 20.6 Å². The lowest BCUT2D eigenvalue weighted by molar-refractivity contribution is 0.514. The van der Waals surface area contributed by atoms with Crippen LogP contribution in [0.2, 0.25) is 0 Å². The molecule has 2 heterocycles. The average molecular weight is 255 g/mol. The number of nitrogens with zero attached hydrogens (tertiary/aromatic N) is 4. The number of aromatic nitrogens is 4. The average Bonchev–Trinajstić information content (AvgIpc) is 3.06. The van der Waals surface area contributed by atoms with Gasteiger partial charge in [0.25, 0.3) is 0 Å². The molecule has 1 aromatic carbocycles. The fourth-order valence-electron chi connectivity index (χ4n) is 1.70. The van der Waals surface area contributed by atoms with E-state index in [1.165, 1.54) is 0 Å². The molecule has 96 valence electrons. The second-order valence-corrected chi connectivity index (χ2v) is 4.10. The molecule has 0 spiro atoms. The van der Waals surface area contributed by atoms with Crippen molar-refractivity contribution in [1.29, 1.82) is 0 Å². The first-order valence-electron chi connectivity index (χ1n) is 5.92. The molecule has 0 aliphatic rings. The molecule has 0 saturated carbocycles. The summed E-state index contributed by atoms with van der Waals surface area (Å²) in [5.41, 5.74) is 0.916. The van der Waals surface area contributed by atoms with Gasteiger partial charge in [-0.1, -0.05) is 18.2 Å². The standard InChI is InChI=1S/C13H13N5O/c1-18-8-7-11(17-18)14-9-12-15-16-13(19-12)10-5-3-2-4-6-10/h2-8H,9H2,1H3,(H,14,17). The van der Waals surface area contributed by atoms with Crippen molar-refractivity contribution in [2.45, 2.75) is 6.54 Å². The van der Waals surface area contributed by atoms with E-state index in [9.17, 15) is 0 Å². The van der Waals surface area contributed by atoms with Crippen LogP contribution in [0.25, 0.3) is 11.5 Å². The minimum Gasteiger partial charge on any atom is -0.419 e. The van der Waals surface area contributed by atoms with Gasteiger partial charge < -0.3 is 9.73 Å². The topological polar surface area (TPSA) is 68.8 Å². The molecule has 0 saturated heterocycles. The Balaban J connectivity index is 1.68. The first-order valence-corrected chi connectivity index (χ1v) is 5.92. The minimum absolute atomic E-state index is 0.455. The number of nitrogens with one attached hydrogen (secondary N) is 1. The third-order valence-electron chi connectivity index (χ3n) is 2.62. The Hall–Kier alpha value is -2.63. The summed E-state index contributed by atoms with van der Waals surface area (Å²) in [4.78, 5) is 0. The highest BCUT2D eigenvalue weighted by atomic mass is 16.4. The van der Waals surface area contributed by atoms with Crippen molar-refractivity contribution in [3.8, 4) is 11.5 Å². The number of hydrogen-bond acceptors (Lipinski definition) is 5. The largest absolute Gasteiger partial charge is 0.419 e. The molecule has 0 fully saturated rings. The van der Waals surface area contributed by atoms with Gasteiger partial charge >= 0.3 is 0 Å². The maximum atomic E-state index is 5.58. The molecule has 0 aliphatic heterocycles. The van der Waals surface area contributed by atoms with Crippen LogP contribution in [0.4, 0.5) is 5.82 Å². The SMILES string of the molecule is Cn1ccc(NCc2nnc(-c3ccccc3)o2)n1. The molecule has 0 atom stereocenters. The van der Waals surface area contributed by atoms with Crippen molar-refractivity contribution in [2.75, 3.05) is 5.32 Å². The van der Waals surface area contributed by atoms with Crippen LogP contribution in [0.3, 0.4) is 0 Å². The summed E-state index contributed by atoms with van der Waals surface area (Å²) in [7, 11) is 1.87. The van der Waals surface area contributed by atoms with Crippen LogP contribution in [-0.2, 0) is 13.6 Å². The molecule has 0 unspecified atom stereocenters. The summed E-state index contributed by atoms with van der Waals surface area (Å²) >= 11 is 0. The summed E-state index contributed by atoms with van der Waals surface area (Å²) in [6, 6.07) is 11.6. The van der Waals surface area contributed by atoms with Gasteiger partial charge in [-0.05, 0) is 12.1 Å². The minimum atomic E-state index is 0.455. The third kappa shape index (κ3) is 2.62. The van der Waals surface area contributed by atoms with Gasteiger partial charge in [0, 0.05) is 24.9 Å². The molecule has 0 bridgehead atoms. The van der Waals surface area contributed by atoms with Crippen molar-refractivity contribution in [1.82, 2.24) is 20.0 Å². The van der Waals surface area contributed by atoms with Gasteiger partial charge in [0.1, 0.15) is 5.82 Å². The first kappa shape index (κ1) is 11.5. The monoisotopic (exact) mass is 255 g/mol. The maximum absolute atomic E-state index is 5.58. The van der Waals surface area contributed by atoms with E-state index in [4.69, 9.17) is 4.42 Å².